The minimum absolute atomic E-state index is 0.0930. The van der Waals surface area contributed by atoms with Gasteiger partial charge in [-0.3, -0.25) is 34.0 Å². The van der Waals surface area contributed by atoms with Crippen LogP contribution >= 0.6 is 11.6 Å². The number of carboxylic acids is 1. The van der Waals surface area contributed by atoms with Crippen LogP contribution in [-0.4, -0.2) is 101 Å². The number of pyridine rings is 2. The summed E-state index contributed by atoms with van der Waals surface area (Å²) in [6, 6.07) is 21.2. The minimum Gasteiger partial charge on any atom is -0.481 e. The van der Waals surface area contributed by atoms with Crippen molar-refractivity contribution in [1.82, 2.24) is 50.1 Å². The maximum absolute atomic E-state index is 13.3. The highest BCUT2D eigenvalue weighted by Gasteiger charge is 2.28. The Hall–Kier alpha value is -7.81. The summed E-state index contributed by atoms with van der Waals surface area (Å²) in [5.74, 6) is -0.588. The first kappa shape index (κ1) is 45.7. The summed E-state index contributed by atoms with van der Waals surface area (Å²) < 4.78 is 6.66. The molecular formula is C46H47ClN14O6. The van der Waals surface area contributed by atoms with Gasteiger partial charge in [-0.1, -0.05) is 48.0 Å². The first-order chi connectivity index (χ1) is 32.5. The van der Waals surface area contributed by atoms with E-state index in [1.165, 1.54) is 10.8 Å². The standard InChI is InChI=1S/C46H47ClN14O6/c1-27-31(32-7-3-9-34(39(32)47)55-42(64)36-15-13-29(24-53-36)25-60-20-16-30(26-60)43(65)66)6-2-8-33(27)54-41(63)35-14-12-28(23-52-35)22-49-18-19-50-38(62)11-4-17-51-45-57-44(48)61-46(58-45)56-40(59-61)37-10-5-21-67-37/h2-3,5-10,12-15,21,23-24,30,49H,4,11,16-20,22,25-26H2,1H3,(H,50,62)(H,54,63)(H,55,64)(H,65,66)(H3,48,51,56,57,58,59)/t30-/m1/s1. The number of amides is 3. The zero-order chi connectivity index (χ0) is 46.9. The number of halogens is 1. The molecule has 6 heterocycles. The van der Waals surface area contributed by atoms with E-state index < -0.39 is 11.9 Å². The van der Waals surface area contributed by atoms with Crippen LogP contribution < -0.4 is 32.3 Å². The van der Waals surface area contributed by atoms with Crippen molar-refractivity contribution >= 4 is 64.3 Å². The number of likely N-dealkylation sites (tertiary alicyclic amines) is 1. The number of nitrogens with zero attached hydrogens (tertiary/aromatic N) is 8. The molecule has 344 valence electrons. The molecule has 1 atom stereocenters. The Labute approximate surface area is 388 Å². The molecule has 8 N–H and O–H groups in total. The highest BCUT2D eigenvalue weighted by atomic mass is 35.5. The monoisotopic (exact) mass is 926 g/mol. The molecule has 0 radical (unpaired) electrons. The topological polar surface area (TPSA) is 273 Å². The number of furan rings is 1. The van der Waals surface area contributed by atoms with Crippen LogP contribution in [0.5, 0.6) is 0 Å². The molecule has 0 bridgehead atoms. The molecule has 1 fully saturated rings. The number of anilines is 4. The molecule has 67 heavy (non-hydrogen) atoms. The van der Waals surface area contributed by atoms with Gasteiger partial charge in [0.15, 0.2) is 5.76 Å². The molecular weight excluding hydrogens is 880 g/mol. The Bertz CT molecular complexity index is 2890. The van der Waals surface area contributed by atoms with E-state index >= 15 is 0 Å². The number of carbonyl (C=O) groups excluding carboxylic acids is 3. The van der Waals surface area contributed by atoms with Crippen LogP contribution in [-0.2, 0) is 22.7 Å². The Kier molecular flexibility index (Phi) is 14.3. The number of nitrogens with one attached hydrogen (secondary N) is 5. The SMILES string of the molecule is Cc1c(NC(=O)c2ccc(CNCCNC(=O)CCCNc3nc(N)n4nc(-c5ccco5)nc4n3)cn2)cccc1-c1cccc(NC(=O)c2ccc(CN3CC[C@@H](C(=O)O)C3)cn2)c1Cl. The number of rotatable bonds is 19. The smallest absolute Gasteiger partial charge is 0.307 e. The van der Waals surface area contributed by atoms with Crippen molar-refractivity contribution in [2.75, 3.05) is 54.4 Å². The van der Waals surface area contributed by atoms with Crippen LogP contribution in [0.4, 0.5) is 23.3 Å². The van der Waals surface area contributed by atoms with Crippen LogP contribution in [0.3, 0.4) is 0 Å². The number of hydrogen-bond donors (Lipinski definition) is 7. The molecule has 0 spiro atoms. The summed E-state index contributed by atoms with van der Waals surface area (Å²) in [5.41, 5.74) is 11.4. The zero-order valence-corrected chi connectivity index (χ0v) is 37.1. The van der Waals surface area contributed by atoms with Gasteiger partial charge in [0.25, 0.3) is 17.6 Å². The maximum Gasteiger partial charge on any atom is 0.307 e. The number of aliphatic carboxylic acids is 1. The van der Waals surface area contributed by atoms with Gasteiger partial charge in [0.2, 0.25) is 23.6 Å². The normalized spacial score (nSPS) is 13.7. The van der Waals surface area contributed by atoms with Gasteiger partial charge in [-0.05, 0) is 85.0 Å². The molecule has 21 heteroatoms. The van der Waals surface area contributed by atoms with Gasteiger partial charge >= 0.3 is 5.97 Å². The largest absolute Gasteiger partial charge is 0.481 e. The summed E-state index contributed by atoms with van der Waals surface area (Å²) in [4.78, 5) is 74.0. The third-order valence-corrected chi connectivity index (χ3v) is 11.5. The van der Waals surface area contributed by atoms with Crippen LogP contribution in [0.2, 0.25) is 5.02 Å². The van der Waals surface area contributed by atoms with Crippen LogP contribution in [0.25, 0.3) is 28.5 Å². The van der Waals surface area contributed by atoms with Gasteiger partial charge in [0.05, 0.1) is 22.9 Å². The van der Waals surface area contributed by atoms with Gasteiger partial charge in [-0.15, -0.1) is 5.10 Å². The van der Waals surface area contributed by atoms with E-state index in [1.54, 1.807) is 54.9 Å². The molecule has 1 aliphatic heterocycles. The highest BCUT2D eigenvalue weighted by molar-refractivity contribution is 6.36. The van der Waals surface area contributed by atoms with Gasteiger partial charge in [-0.2, -0.15) is 19.5 Å². The molecule has 0 saturated carbocycles. The molecule has 5 aromatic heterocycles. The van der Waals surface area contributed by atoms with E-state index in [4.69, 9.17) is 21.8 Å². The van der Waals surface area contributed by atoms with Crippen molar-refractivity contribution in [3.63, 3.8) is 0 Å². The lowest BCUT2D eigenvalue weighted by atomic mass is 9.98. The second kappa shape index (κ2) is 21.0. The lowest BCUT2D eigenvalue weighted by Gasteiger charge is -2.16. The van der Waals surface area contributed by atoms with Crippen molar-refractivity contribution in [2.45, 2.75) is 39.3 Å². The number of fused-ring (bicyclic) bond motifs is 1. The summed E-state index contributed by atoms with van der Waals surface area (Å²) in [5, 5.41) is 28.9. The molecule has 8 rings (SSSR count). The van der Waals surface area contributed by atoms with Crippen molar-refractivity contribution in [3.8, 4) is 22.7 Å². The van der Waals surface area contributed by atoms with Gasteiger partial charge in [0.1, 0.15) is 11.4 Å². The summed E-state index contributed by atoms with van der Waals surface area (Å²) >= 11 is 6.89. The summed E-state index contributed by atoms with van der Waals surface area (Å²) in [6.45, 7) is 5.48. The average molecular weight is 927 g/mol. The Morgan fingerprint density at radius 2 is 1.58 bits per heavy atom. The van der Waals surface area contributed by atoms with Gasteiger partial charge < -0.3 is 41.8 Å². The summed E-state index contributed by atoms with van der Waals surface area (Å²) in [6.07, 6.45) is 6.22. The number of nitrogen functional groups attached to an aromatic ring is 1. The van der Waals surface area contributed by atoms with E-state index in [9.17, 15) is 24.3 Å². The lowest BCUT2D eigenvalue weighted by Crippen LogP contribution is -2.31. The van der Waals surface area contributed by atoms with E-state index in [0.29, 0.717) is 98.6 Å². The van der Waals surface area contributed by atoms with Crippen LogP contribution in [0.15, 0.2) is 95.9 Å². The first-order valence-corrected chi connectivity index (χ1v) is 21.9. The van der Waals surface area contributed by atoms with E-state index in [2.05, 4.69) is 61.5 Å². The molecule has 0 unspecified atom stereocenters. The van der Waals surface area contributed by atoms with Crippen LogP contribution in [0.1, 0.15) is 56.9 Å². The zero-order valence-electron chi connectivity index (χ0n) is 36.3. The molecule has 20 nitrogen and oxygen atoms in total. The molecule has 3 amide bonds. The first-order valence-electron chi connectivity index (χ1n) is 21.5. The number of aromatic nitrogens is 7. The Morgan fingerprint density at radius 3 is 2.28 bits per heavy atom. The number of hydrogen-bond acceptors (Lipinski definition) is 15. The van der Waals surface area contributed by atoms with E-state index in [1.807, 2.05) is 37.3 Å². The molecule has 1 aliphatic rings. The molecule has 1 saturated heterocycles. The number of carboxylic acid groups (broad SMARTS) is 1. The maximum atomic E-state index is 13.3. The lowest BCUT2D eigenvalue weighted by molar-refractivity contribution is -0.141. The summed E-state index contributed by atoms with van der Waals surface area (Å²) in [7, 11) is 0. The van der Waals surface area contributed by atoms with Crippen molar-refractivity contribution in [3.05, 3.63) is 125 Å². The average Bonchev–Trinajstić information content (AvgIpc) is 4.13. The van der Waals surface area contributed by atoms with E-state index in [0.717, 1.165) is 22.3 Å². The number of carbonyl (C=O) groups is 4. The fourth-order valence-electron chi connectivity index (χ4n) is 7.48. The van der Waals surface area contributed by atoms with Crippen molar-refractivity contribution < 1.29 is 28.7 Å². The van der Waals surface area contributed by atoms with E-state index in [-0.39, 0.29) is 46.8 Å². The van der Waals surface area contributed by atoms with Gasteiger partial charge in [-0.25, -0.2) is 0 Å². The second-order valence-corrected chi connectivity index (χ2v) is 16.2. The second-order valence-electron chi connectivity index (χ2n) is 15.8. The predicted molar refractivity (Wildman–Crippen MR) is 250 cm³/mol. The van der Waals surface area contributed by atoms with Crippen molar-refractivity contribution in [1.29, 1.82) is 0 Å². The third kappa shape index (κ3) is 11.4. The fraction of sp³-hybridized carbons (Fsp3) is 0.261. The highest BCUT2D eigenvalue weighted by Crippen LogP contribution is 2.37. The number of benzene rings is 2. The van der Waals surface area contributed by atoms with Gasteiger partial charge in [0, 0.05) is 69.3 Å². The Morgan fingerprint density at radius 1 is 0.851 bits per heavy atom. The third-order valence-electron chi connectivity index (χ3n) is 11.1. The molecule has 2 aromatic carbocycles. The predicted octanol–water partition coefficient (Wildman–Crippen LogP) is 5.29. The quantitative estimate of drug-likeness (QED) is 0.0508. The minimum atomic E-state index is -0.783. The molecule has 7 aromatic rings. The van der Waals surface area contributed by atoms with Crippen LogP contribution in [0, 0.1) is 12.8 Å². The molecule has 0 aliphatic carbocycles. The Balaban J connectivity index is 0.757. The number of nitrogens with two attached hydrogens (primary N) is 1. The fourth-order valence-corrected chi connectivity index (χ4v) is 7.75. The van der Waals surface area contributed by atoms with Crippen molar-refractivity contribution in [2.24, 2.45) is 5.92 Å².